The maximum absolute atomic E-state index is 12.5. The number of piperidine rings is 1. The third kappa shape index (κ3) is 5.30. The van der Waals surface area contributed by atoms with Crippen LogP contribution in [0.1, 0.15) is 88.4 Å². The summed E-state index contributed by atoms with van der Waals surface area (Å²) >= 11 is 0. The Kier molecular flexibility index (Phi) is 6.45. The zero-order valence-electron chi connectivity index (χ0n) is 20.9. The molecule has 1 saturated heterocycles. The number of hydrogen-bond acceptors (Lipinski definition) is 5. The van der Waals surface area contributed by atoms with Crippen molar-refractivity contribution in [2.24, 2.45) is 11.0 Å². The van der Waals surface area contributed by atoms with Gasteiger partial charge in [-0.3, -0.25) is 9.67 Å². The summed E-state index contributed by atoms with van der Waals surface area (Å²) < 4.78 is 7.71. The molecule has 1 amide bonds. The van der Waals surface area contributed by atoms with Gasteiger partial charge in [0.2, 0.25) is 0 Å². The molecule has 186 valence electrons. The quantitative estimate of drug-likeness (QED) is 0.280. The van der Waals surface area contributed by atoms with Gasteiger partial charge >= 0.3 is 6.09 Å². The first-order valence-electron chi connectivity index (χ1n) is 12.9. The molecule has 2 aromatic heterocycles. The summed E-state index contributed by atoms with van der Waals surface area (Å²) in [5, 5.41) is 8.78. The van der Waals surface area contributed by atoms with Gasteiger partial charge in [-0.25, -0.2) is 4.79 Å². The van der Waals surface area contributed by atoms with Gasteiger partial charge in [0.05, 0.1) is 17.4 Å². The first-order valence-corrected chi connectivity index (χ1v) is 12.9. The second-order valence-corrected chi connectivity index (χ2v) is 11.3. The minimum atomic E-state index is -0.479. The van der Waals surface area contributed by atoms with Gasteiger partial charge in [-0.15, -0.1) is 0 Å². The zero-order chi connectivity index (χ0) is 24.6. The molecule has 5 rings (SSSR count). The van der Waals surface area contributed by atoms with E-state index in [0.717, 1.165) is 36.9 Å². The van der Waals surface area contributed by atoms with E-state index < -0.39 is 5.60 Å². The Hall–Kier alpha value is -3.06. The molecule has 9 heteroatoms. The van der Waals surface area contributed by atoms with Crippen LogP contribution in [-0.4, -0.2) is 51.0 Å². The van der Waals surface area contributed by atoms with Gasteiger partial charge in [-0.1, -0.05) is 11.2 Å². The average molecular weight is 478 g/mol. The Bertz CT molecular complexity index is 1110. The molecule has 0 aromatic carbocycles. The molecule has 0 atom stereocenters. The maximum Gasteiger partial charge on any atom is 0.410 e. The number of carbonyl (C=O) groups is 1. The summed E-state index contributed by atoms with van der Waals surface area (Å²) in [4.78, 5) is 22.1. The fourth-order valence-corrected chi connectivity index (χ4v) is 5.32. The molecule has 35 heavy (non-hydrogen) atoms. The second-order valence-electron chi connectivity index (χ2n) is 11.3. The largest absolute Gasteiger partial charge is 0.444 e. The highest BCUT2D eigenvalue weighted by atomic mass is 16.6. The van der Waals surface area contributed by atoms with Gasteiger partial charge in [-0.2, -0.15) is 5.10 Å². The number of rotatable bonds is 6. The van der Waals surface area contributed by atoms with Crippen molar-refractivity contribution in [3.05, 3.63) is 46.2 Å². The number of azide groups is 1. The summed E-state index contributed by atoms with van der Waals surface area (Å²) in [5.74, 6) is 1.33. The van der Waals surface area contributed by atoms with E-state index in [-0.39, 0.29) is 6.09 Å². The lowest BCUT2D eigenvalue weighted by molar-refractivity contribution is 0.0205. The van der Waals surface area contributed by atoms with Gasteiger partial charge in [0, 0.05) is 48.4 Å². The summed E-state index contributed by atoms with van der Waals surface area (Å²) in [5.41, 5.74) is 12.7. The average Bonchev–Trinajstić information content (AvgIpc) is 3.56. The highest BCUT2D eigenvalue weighted by Gasteiger charge is 2.36. The van der Waals surface area contributed by atoms with Crippen LogP contribution < -0.4 is 0 Å². The molecule has 0 radical (unpaired) electrons. The zero-order valence-corrected chi connectivity index (χ0v) is 20.9. The number of amides is 1. The number of ether oxygens (including phenoxy) is 1. The predicted molar refractivity (Wildman–Crippen MR) is 133 cm³/mol. The van der Waals surface area contributed by atoms with Crippen LogP contribution in [0.2, 0.25) is 0 Å². The summed E-state index contributed by atoms with van der Waals surface area (Å²) in [6.45, 7) is 7.67. The molecule has 2 aromatic rings. The van der Waals surface area contributed by atoms with Crippen molar-refractivity contribution in [3.63, 3.8) is 0 Å². The van der Waals surface area contributed by atoms with E-state index in [1.807, 2.05) is 37.9 Å². The van der Waals surface area contributed by atoms with E-state index >= 15 is 0 Å². The molecule has 2 aliphatic carbocycles. The summed E-state index contributed by atoms with van der Waals surface area (Å²) in [6, 6.07) is 4.58. The van der Waals surface area contributed by atoms with Crippen LogP contribution in [-0.2, 0) is 4.74 Å². The number of carbonyl (C=O) groups excluding carboxylic acids is 1. The number of aromatic nitrogens is 3. The summed E-state index contributed by atoms with van der Waals surface area (Å²) in [6.07, 6.45) is 10.0. The second kappa shape index (κ2) is 9.53. The highest BCUT2D eigenvalue weighted by Crippen LogP contribution is 2.47. The first-order chi connectivity index (χ1) is 16.8. The Morgan fingerprint density at radius 3 is 2.60 bits per heavy atom. The minimum absolute atomic E-state index is 0.223. The standard InChI is InChI=1S/C26H35N7O2/c1-26(2,3)35-25(34)32-11-8-18(9-12-32)21-5-4-10-28-24(21)22-16-33(30-23(22)19-6-7-19)20-13-17(14-20)15-29-31-27/h4-5,10,16-20H,6-9,11-15H2,1-3H3/t17-,20-. The Morgan fingerprint density at radius 2 is 1.94 bits per heavy atom. The van der Waals surface area contributed by atoms with E-state index in [4.69, 9.17) is 20.4 Å². The predicted octanol–water partition coefficient (Wildman–Crippen LogP) is 6.20. The Balaban J connectivity index is 1.33. The number of likely N-dealkylation sites (tertiary alicyclic amines) is 1. The number of hydrogen-bond donors (Lipinski definition) is 0. The third-order valence-corrected chi connectivity index (χ3v) is 7.39. The third-order valence-electron chi connectivity index (χ3n) is 7.39. The van der Waals surface area contributed by atoms with Gasteiger partial charge in [0.15, 0.2) is 0 Å². The monoisotopic (exact) mass is 477 g/mol. The maximum atomic E-state index is 12.5. The van der Waals surface area contributed by atoms with E-state index in [1.54, 1.807) is 0 Å². The van der Waals surface area contributed by atoms with Crippen LogP contribution in [0.25, 0.3) is 21.7 Å². The molecule has 9 nitrogen and oxygen atoms in total. The molecular weight excluding hydrogens is 442 g/mol. The van der Waals surface area contributed by atoms with Crippen molar-refractivity contribution in [3.8, 4) is 11.3 Å². The van der Waals surface area contributed by atoms with Crippen molar-refractivity contribution in [1.82, 2.24) is 19.7 Å². The molecule has 2 saturated carbocycles. The van der Waals surface area contributed by atoms with Crippen LogP contribution in [0.15, 0.2) is 29.6 Å². The lowest BCUT2D eigenvalue weighted by atomic mass is 9.80. The smallest absolute Gasteiger partial charge is 0.410 e. The normalized spacial score (nSPS) is 22.9. The SMILES string of the molecule is CC(C)(C)OC(=O)N1CCC(c2cccnc2-c2cn([C@H]3C[C@H](CN=[N+]=[N-])C3)nc2C2CC2)CC1. The van der Waals surface area contributed by atoms with Crippen molar-refractivity contribution in [2.75, 3.05) is 19.6 Å². The molecule has 0 spiro atoms. The van der Waals surface area contributed by atoms with Crippen LogP contribution in [0.5, 0.6) is 0 Å². The van der Waals surface area contributed by atoms with Crippen molar-refractivity contribution >= 4 is 6.09 Å². The number of pyridine rings is 1. The highest BCUT2D eigenvalue weighted by molar-refractivity contribution is 5.69. The van der Waals surface area contributed by atoms with E-state index in [0.29, 0.717) is 43.4 Å². The van der Waals surface area contributed by atoms with E-state index in [1.165, 1.54) is 24.1 Å². The lowest BCUT2D eigenvalue weighted by Crippen LogP contribution is -2.41. The molecule has 3 heterocycles. The Labute approximate surface area is 206 Å². The molecule has 1 aliphatic heterocycles. The van der Waals surface area contributed by atoms with Crippen LogP contribution in [0, 0.1) is 5.92 Å². The Morgan fingerprint density at radius 1 is 1.20 bits per heavy atom. The minimum Gasteiger partial charge on any atom is -0.444 e. The van der Waals surface area contributed by atoms with Crippen molar-refractivity contribution < 1.29 is 9.53 Å². The molecule has 0 N–H and O–H groups in total. The van der Waals surface area contributed by atoms with Crippen LogP contribution >= 0.6 is 0 Å². The topological polar surface area (TPSA) is 109 Å². The van der Waals surface area contributed by atoms with Gasteiger partial charge < -0.3 is 9.64 Å². The fourth-order valence-electron chi connectivity index (χ4n) is 5.32. The molecule has 0 unspecified atom stereocenters. The summed E-state index contributed by atoms with van der Waals surface area (Å²) in [7, 11) is 0. The van der Waals surface area contributed by atoms with Crippen molar-refractivity contribution in [1.29, 1.82) is 0 Å². The molecule has 3 fully saturated rings. The lowest BCUT2D eigenvalue weighted by Gasteiger charge is -2.34. The molecule has 3 aliphatic rings. The van der Waals surface area contributed by atoms with Gasteiger partial charge in [-0.05, 0) is 88.3 Å². The number of nitrogens with zero attached hydrogens (tertiary/aromatic N) is 7. The van der Waals surface area contributed by atoms with Gasteiger partial charge in [0.1, 0.15) is 5.60 Å². The van der Waals surface area contributed by atoms with Crippen molar-refractivity contribution in [2.45, 2.75) is 82.8 Å². The van der Waals surface area contributed by atoms with Gasteiger partial charge in [0.25, 0.3) is 0 Å². The van der Waals surface area contributed by atoms with Crippen LogP contribution in [0.4, 0.5) is 4.79 Å². The van der Waals surface area contributed by atoms with Crippen LogP contribution in [0.3, 0.4) is 0 Å². The molecule has 0 bridgehead atoms. The fraction of sp³-hybridized carbons (Fsp3) is 0.654. The van der Waals surface area contributed by atoms with E-state index in [9.17, 15) is 4.79 Å². The van der Waals surface area contributed by atoms with E-state index in [2.05, 4.69) is 27.0 Å². The first kappa shape index (κ1) is 23.7. The molecular formula is C26H35N7O2.